The first-order valence-electron chi connectivity index (χ1n) is 6.97. The van der Waals surface area contributed by atoms with Crippen molar-refractivity contribution >= 4 is 0 Å². The van der Waals surface area contributed by atoms with Gasteiger partial charge in [-0.3, -0.25) is 4.90 Å². The fourth-order valence-electron chi connectivity index (χ4n) is 2.88. The smallest absolute Gasteiger partial charge is 0.0319 e. The summed E-state index contributed by atoms with van der Waals surface area (Å²) in [6.45, 7) is 9.60. The largest absolute Gasteiger partial charge is 0.296 e. The van der Waals surface area contributed by atoms with E-state index in [0.29, 0.717) is 6.04 Å². The average molecular weight is 231 g/mol. The van der Waals surface area contributed by atoms with E-state index < -0.39 is 0 Å². The zero-order valence-electron chi connectivity index (χ0n) is 11.4. The maximum Gasteiger partial charge on any atom is 0.0319 e. The third-order valence-corrected chi connectivity index (χ3v) is 4.26. The lowest BCUT2D eigenvalue weighted by atomic mass is 9.87. The molecule has 0 saturated carbocycles. The SMILES string of the molecule is CC(C)[C@H]1CCCN([C@H](C)c2ccccc2)C1. The lowest BCUT2D eigenvalue weighted by Crippen LogP contribution is -2.38. The minimum atomic E-state index is 0.567. The topological polar surface area (TPSA) is 3.24 Å². The molecule has 0 bridgehead atoms. The molecule has 1 aromatic rings. The summed E-state index contributed by atoms with van der Waals surface area (Å²) in [5.74, 6) is 1.70. The quantitative estimate of drug-likeness (QED) is 0.756. The van der Waals surface area contributed by atoms with Crippen molar-refractivity contribution in [2.75, 3.05) is 13.1 Å². The summed E-state index contributed by atoms with van der Waals surface area (Å²) in [6.07, 6.45) is 2.77. The number of benzene rings is 1. The van der Waals surface area contributed by atoms with Gasteiger partial charge in [0.25, 0.3) is 0 Å². The molecular formula is C16H25N. The summed E-state index contributed by atoms with van der Waals surface area (Å²) >= 11 is 0. The Labute approximate surface area is 106 Å². The normalized spacial score (nSPS) is 23.9. The van der Waals surface area contributed by atoms with Gasteiger partial charge in [0, 0.05) is 12.6 Å². The molecule has 1 aliphatic heterocycles. The van der Waals surface area contributed by atoms with Crippen LogP contribution in [0.25, 0.3) is 0 Å². The van der Waals surface area contributed by atoms with Gasteiger partial charge in [-0.25, -0.2) is 0 Å². The summed E-state index contributed by atoms with van der Waals surface area (Å²) in [7, 11) is 0. The van der Waals surface area contributed by atoms with E-state index in [-0.39, 0.29) is 0 Å². The van der Waals surface area contributed by atoms with E-state index in [1.165, 1.54) is 31.5 Å². The predicted molar refractivity (Wildman–Crippen MR) is 74.0 cm³/mol. The molecule has 1 heteroatoms. The maximum atomic E-state index is 2.66. The van der Waals surface area contributed by atoms with Crippen LogP contribution >= 0.6 is 0 Å². The molecule has 0 aromatic heterocycles. The maximum absolute atomic E-state index is 2.66. The van der Waals surface area contributed by atoms with Gasteiger partial charge in [-0.15, -0.1) is 0 Å². The van der Waals surface area contributed by atoms with Crippen LogP contribution in [-0.2, 0) is 0 Å². The molecule has 1 saturated heterocycles. The molecule has 1 aliphatic rings. The minimum Gasteiger partial charge on any atom is -0.296 e. The van der Waals surface area contributed by atoms with Gasteiger partial charge < -0.3 is 0 Å². The number of hydrogen-bond donors (Lipinski definition) is 0. The second kappa shape index (κ2) is 5.68. The van der Waals surface area contributed by atoms with Crippen molar-refractivity contribution in [2.45, 2.75) is 39.7 Å². The molecule has 0 unspecified atom stereocenters. The minimum absolute atomic E-state index is 0.567. The molecular weight excluding hydrogens is 206 g/mol. The van der Waals surface area contributed by atoms with Crippen molar-refractivity contribution in [3.05, 3.63) is 35.9 Å². The molecule has 94 valence electrons. The summed E-state index contributed by atoms with van der Waals surface area (Å²) in [5.41, 5.74) is 1.46. The molecule has 17 heavy (non-hydrogen) atoms. The molecule has 1 aromatic carbocycles. The van der Waals surface area contributed by atoms with Crippen molar-refractivity contribution in [3.8, 4) is 0 Å². The van der Waals surface area contributed by atoms with Crippen LogP contribution in [0.3, 0.4) is 0 Å². The van der Waals surface area contributed by atoms with Gasteiger partial charge in [0.2, 0.25) is 0 Å². The van der Waals surface area contributed by atoms with E-state index in [4.69, 9.17) is 0 Å². The highest BCUT2D eigenvalue weighted by Gasteiger charge is 2.25. The molecule has 2 atom stereocenters. The van der Waals surface area contributed by atoms with Gasteiger partial charge in [0.15, 0.2) is 0 Å². The third kappa shape index (κ3) is 3.10. The van der Waals surface area contributed by atoms with Gasteiger partial charge in [-0.2, -0.15) is 0 Å². The fourth-order valence-corrected chi connectivity index (χ4v) is 2.88. The van der Waals surface area contributed by atoms with Crippen LogP contribution in [0.15, 0.2) is 30.3 Å². The van der Waals surface area contributed by atoms with Crippen molar-refractivity contribution in [3.63, 3.8) is 0 Å². The zero-order valence-corrected chi connectivity index (χ0v) is 11.4. The Hall–Kier alpha value is -0.820. The molecule has 0 spiro atoms. The molecule has 0 N–H and O–H groups in total. The fraction of sp³-hybridized carbons (Fsp3) is 0.625. The van der Waals surface area contributed by atoms with Crippen LogP contribution in [0.5, 0.6) is 0 Å². The van der Waals surface area contributed by atoms with Crippen molar-refractivity contribution in [1.29, 1.82) is 0 Å². The predicted octanol–water partition coefficient (Wildman–Crippen LogP) is 4.12. The second-order valence-electron chi connectivity index (χ2n) is 5.73. The van der Waals surface area contributed by atoms with E-state index in [2.05, 4.69) is 56.0 Å². The van der Waals surface area contributed by atoms with E-state index >= 15 is 0 Å². The molecule has 1 heterocycles. The highest BCUT2D eigenvalue weighted by molar-refractivity contribution is 5.18. The first-order chi connectivity index (χ1) is 8.18. The van der Waals surface area contributed by atoms with Crippen LogP contribution < -0.4 is 0 Å². The lowest BCUT2D eigenvalue weighted by Gasteiger charge is -2.38. The van der Waals surface area contributed by atoms with Crippen LogP contribution in [0.2, 0.25) is 0 Å². The van der Waals surface area contributed by atoms with E-state index in [1.807, 2.05) is 0 Å². The highest BCUT2D eigenvalue weighted by Crippen LogP contribution is 2.29. The first kappa shape index (κ1) is 12.6. The molecule has 2 rings (SSSR count). The molecule has 0 aliphatic carbocycles. The van der Waals surface area contributed by atoms with E-state index in [0.717, 1.165) is 11.8 Å². The van der Waals surface area contributed by atoms with Gasteiger partial charge in [0.1, 0.15) is 0 Å². The van der Waals surface area contributed by atoms with Gasteiger partial charge >= 0.3 is 0 Å². The standard InChI is InChI=1S/C16H25N/c1-13(2)16-10-7-11-17(12-16)14(3)15-8-5-4-6-9-15/h4-6,8-9,13-14,16H,7,10-12H2,1-3H3/t14-,16+/m1/s1. The number of piperidine rings is 1. The van der Waals surface area contributed by atoms with Crippen molar-refractivity contribution in [2.24, 2.45) is 11.8 Å². The molecule has 1 fully saturated rings. The summed E-state index contributed by atoms with van der Waals surface area (Å²) in [6, 6.07) is 11.5. The Morgan fingerprint density at radius 1 is 1.12 bits per heavy atom. The van der Waals surface area contributed by atoms with Crippen molar-refractivity contribution in [1.82, 2.24) is 4.90 Å². The zero-order chi connectivity index (χ0) is 12.3. The number of nitrogens with zero attached hydrogens (tertiary/aromatic N) is 1. The Kier molecular flexibility index (Phi) is 4.22. The Balaban J connectivity index is 2.02. The Morgan fingerprint density at radius 2 is 1.82 bits per heavy atom. The van der Waals surface area contributed by atoms with E-state index in [9.17, 15) is 0 Å². The van der Waals surface area contributed by atoms with E-state index in [1.54, 1.807) is 0 Å². The van der Waals surface area contributed by atoms with Gasteiger partial charge in [-0.05, 0) is 43.7 Å². The Bertz CT molecular complexity index is 331. The summed E-state index contributed by atoms with van der Waals surface area (Å²) < 4.78 is 0. The lowest BCUT2D eigenvalue weighted by molar-refractivity contribution is 0.109. The van der Waals surface area contributed by atoms with Crippen LogP contribution in [0, 0.1) is 11.8 Å². The van der Waals surface area contributed by atoms with Crippen LogP contribution in [0.1, 0.15) is 45.2 Å². The number of likely N-dealkylation sites (tertiary alicyclic amines) is 1. The Morgan fingerprint density at radius 3 is 2.47 bits per heavy atom. The first-order valence-corrected chi connectivity index (χ1v) is 6.97. The summed E-state index contributed by atoms with van der Waals surface area (Å²) in [5, 5.41) is 0. The molecule has 0 radical (unpaired) electrons. The summed E-state index contributed by atoms with van der Waals surface area (Å²) in [4.78, 5) is 2.66. The molecule has 0 amide bonds. The molecule has 1 nitrogen and oxygen atoms in total. The van der Waals surface area contributed by atoms with Crippen LogP contribution in [-0.4, -0.2) is 18.0 Å². The highest BCUT2D eigenvalue weighted by atomic mass is 15.2. The van der Waals surface area contributed by atoms with Gasteiger partial charge in [-0.1, -0.05) is 44.2 Å². The number of rotatable bonds is 3. The second-order valence-corrected chi connectivity index (χ2v) is 5.73. The third-order valence-electron chi connectivity index (χ3n) is 4.26. The van der Waals surface area contributed by atoms with Crippen molar-refractivity contribution < 1.29 is 0 Å². The monoisotopic (exact) mass is 231 g/mol. The average Bonchev–Trinajstić information content (AvgIpc) is 2.39. The van der Waals surface area contributed by atoms with Gasteiger partial charge in [0.05, 0.1) is 0 Å². The van der Waals surface area contributed by atoms with Crippen LogP contribution in [0.4, 0.5) is 0 Å². The number of hydrogen-bond acceptors (Lipinski definition) is 1.